The molecule has 3 aromatic heterocycles. The number of ether oxygens (including phenoxy) is 1. The van der Waals surface area contributed by atoms with Crippen molar-refractivity contribution in [1.82, 2.24) is 14.7 Å². The molecule has 166 valence electrons. The Morgan fingerprint density at radius 2 is 2.03 bits per heavy atom. The highest BCUT2D eigenvalue weighted by Crippen LogP contribution is 2.35. The summed E-state index contributed by atoms with van der Waals surface area (Å²) in [4.78, 5) is 20.8. The summed E-state index contributed by atoms with van der Waals surface area (Å²) < 4.78 is 39.1. The number of nitrogens with zero attached hydrogens (tertiary/aromatic N) is 2. The second-order valence-corrected chi connectivity index (χ2v) is 9.59. The van der Waals surface area contributed by atoms with Gasteiger partial charge in [0, 0.05) is 48.3 Å². The number of thiazole rings is 1. The quantitative estimate of drug-likeness (QED) is 0.375. The monoisotopic (exact) mass is 492 g/mol. The van der Waals surface area contributed by atoms with Crippen LogP contribution in [0.3, 0.4) is 0 Å². The van der Waals surface area contributed by atoms with E-state index in [0.29, 0.717) is 43.6 Å². The molecule has 0 radical (unpaired) electrons. The lowest BCUT2D eigenvalue weighted by Crippen LogP contribution is -2.26. The van der Waals surface area contributed by atoms with Gasteiger partial charge in [-0.05, 0) is 36.2 Å². The first-order valence-electron chi connectivity index (χ1n) is 9.25. The lowest BCUT2D eigenvalue weighted by molar-refractivity contribution is 0.476. The first-order chi connectivity index (χ1) is 15.3. The zero-order chi connectivity index (χ0) is 22.9. The Labute approximate surface area is 192 Å². The zero-order valence-electron chi connectivity index (χ0n) is 16.9. The number of halogens is 1. The number of hydrogen-bond donors (Lipinski definition) is 2. The van der Waals surface area contributed by atoms with Crippen molar-refractivity contribution in [2.75, 3.05) is 11.8 Å². The van der Waals surface area contributed by atoms with Crippen LogP contribution < -0.4 is 19.8 Å². The summed E-state index contributed by atoms with van der Waals surface area (Å²) in [5.41, 5.74) is 1.64. The Kier molecular flexibility index (Phi) is 6.15. The van der Waals surface area contributed by atoms with Gasteiger partial charge in [0.2, 0.25) is 0 Å². The Bertz CT molecular complexity index is 1450. The van der Waals surface area contributed by atoms with Crippen LogP contribution >= 0.6 is 22.9 Å². The maximum Gasteiger partial charge on any atom is 0.340 e. The summed E-state index contributed by atoms with van der Waals surface area (Å²) in [5.74, 6) is 0.465. The highest BCUT2D eigenvalue weighted by atomic mass is 35.5. The first kappa shape index (κ1) is 22.2. The van der Waals surface area contributed by atoms with E-state index in [2.05, 4.69) is 19.4 Å². The highest BCUT2D eigenvalue weighted by molar-refractivity contribution is 7.90. The molecule has 0 aliphatic carbocycles. The molecule has 3 heterocycles. The minimum absolute atomic E-state index is 0.131. The van der Waals surface area contributed by atoms with Gasteiger partial charge in [-0.1, -0.05) is 22.9 Å². The van der Waals surface area contributed by atoms with Crippen LogP contribution in [0.15, 0.2) is 51.3 Å². The average molecular weight is 493 g/mol. The number of benzene rings is 1. The molecule has 12 heteroatoms. The van der Waals surface area contributed by atoms with E-state index < -0.39 is 15.8 Å². The molecule has 0 spiro atoms. The van der Waals surface area contributed by atoms with Crippen molar-refractivity contribution in [3.63, 3.8) is 0 Å². The van der Waals surface area contributed by atoms with Crippen molar-refractivity contribution in [2.24, 2.45) is 0 Å². The molecule has 1 aromatic carbocycles. The molecule has 2 N–H and O–H groups in total. The minimum Gasteiger partial charge on any atom is -0.429 e. The summed E-state index contributed by atoms with van der Waals surface area (Å²) in [6.07, 6.45) is 3.29. The van der Waals surface area contributed by atoms with Crippen LogP contribution in [0.5, 0.6) is 10.9 Å². The molecule has 0 saturated heterocycles. The van der Waals surface area contributed by atoms with Gasteiger partial charge in [-0.15, -0.1) is 0 Å². The van der Waals surface area contributed by atoms with E-state index >= 15 is 0 Å². The summed E-state index contributed by atoms with van der Waals surface area (Å²) in [6.45, 7) is 1.80. The number of rotatable bonds is 7. The molecular formula is C20H17ClN4O5S2. The molecule has 32 heavy (non-hydrogen) atoms. The molecule has 0 saturated carbocycles. The molecule has 0 fully saturated rings. The summed E-state index contributed by atoms with van der Waals surface area (Å²) in [7, 11) is -2.42. The molecule has 0 aliphatic heterocycles. The van der Waals surface area contributed by atoms with E-state index in [9.17, 15) is 13.2 Å². The Morgan fingerprint density at radius 1 is 1.22 bits per heavy atom. The molecule has 9 nitrogen and oxygen atoms in total. The van der Waals surface area contributed by atoms with Crippen LogP contribution in [0.2, 0.25) is 5.02 Å². The lowest BCUT2D eigenvalue weighted by Gasteiger charge is -2.11. The molecule has 4 rings (SSSR count). The molecule has 0 atom stereocenters. The second-order valence-electron chi connectivity index (χ2n) is 6.71. The predicted octanol–water partition coefficient (Wildman–Crippen LogP) is 3.87. The normalized spacial score (nSPS) is 11.6. The van der Waals surface area contributed by atoms with Crippen LogP contribution in [0.4, 0.5) is 5.82 Å². The van der Waals surface area contributed by atoms with Gasteiger partial charge in [0.15, 0.2) is 5.75 Å². The van der Waals surface area contributed by atoms with Crippen LogP contribution in [0, 0.1) is 6.92 Å². The molecule has 4 aromatic rings. The predicted molar refractivity (Wildman–Crippen MR) is 123 cm³/mol. The van der Waals surface area contributed by atoms with E-state index in [1.165, 1.54) is 24.6 Å². The summed E-state index contributed by atoms with van der Waals surface area (Å²) >= 11 is 7.70. The van der Waals surface area contributed by atoms with Crippen molar-refractivity contribution in [3.8, 4) is 10.9 Å². The fraction of sp³-hybridized carbons (Fsp3) is 0.150. The van der Waals surface area contributed by atoms with Gasteiger partial charge < -0.3 is 9.15 Å². The molecule has 0 bridgehead atoms. The average Bonchev–Trinajstić information content (AvgIpc) is 3.26. The molecule has 0 aliphatic rings. The minimum atomic E-state index is -3.71. The third-order valence-electron chi connectivity index (χ3n) is 4.66. The molecule has 0 amide bonds. The highest BCUT2D eigenvalue weighted by Gasteiger charge is 2.16. The van der Waals surface area contributed by atoms with Crippen molar-refractivity contribution in [1.29, 1.82) is 0 Å². The number of pyridine rings is 1. The molecule has 0 unspecified atom stereocenters. The fourth-order valence-corrected chi connectivity index (χ4v) is 4.25. The topological polar surface area (TPSA) is 123 Å². The maximum absolute atomic E-state index is 12.7. The Hall–Kier alpha value is -2.99. The van der Waals surface area contributed by atoms with E-state index in [-0.39, 0.29) is 12.2 Å². The van der Waals surface area contributed by atoms with Gasteiger partial charge >= 0.3 is 5.63 Å². The van der Waals surface area contributed by atoms with Gasteiger partial charge in [-0.2, -0.15) is 8.42 Å². The van der Waals surface area contributed by atoms with Crippen LogP contribution in [0.25, 0.3) is 11.0 Å². The number of aryl methyl sites for hydroxylation is 1. The SMILES string of the molecule is CNS(=O)(=O)Nc1cc(Cc2c(C)c3cc(Cl)c(Oc4nccs4)cc3oc2=O)ccn1. The Balaban J connectivity index is 1.69. The summed E-state index contributed by atoms with van der Waals surface area (Å²) in [6, 6.07) is 6.49. The van der Waals surface area contributed by atoms with Gasteiger partial charge in [-0.25, -0.2) is 19.5 Å². The number of nitrogens with one attached hydrogen (secondary N) is 2. The summed E-state index contributed by atoms with van der Waals surface area (Å²) in [5, 5.41) is 3.21. The van der Waals surface area contributed by atoms with Crippen molar-refractivity contribution in [3.05, 3.63) is 74.2 Å². The van der Waals surface area contributed by atoms with Gasteiger partial charge in [-0.3, -0.25) is 4.72 Å². The standard InChI is InChI=1S/C20H17ClN4O5S2/c1-11-13-9-15(21)17(30-20-24-5-6-31-20)10-16(13)29-19(26)14(11)7-12-3-4-23-18(8-12)25-32(27,28)22-2/h3-6,8-10,22H,7H2,1-2H3,(H,23,25). The number of hydrogen-bond acceptors (Lipinski definition) is 8. The van der Waals surface area contributed by atoms with E-state index in [4.69, 9.17) is 20.8 Å². The van der Waals surface area contributed by atoms with Crippen molar-refractivity contribution >= 4 is 49.9 Å². The fourth-order valence-electron chi connectivity index (χ4n) is 3.06. The van der Waals surface area contributed by atoms with Crippen LogP contribution in [-0.4, -0.2) is 25.4 Å². The third-order valence-corrected chi connectivity index (χ3v) is 6.62. The first-order valence-corrected chi connectivity index (χ1v) is 12.0. The number of aromatic nitrogens is 2. The van der Waals surface area contributed by atoms with E-state index in [1.807, 2.05) is 0 Å². The maximum atomic E-state index is 12.7. The van der Waals surface area contributed by atoms with Crippen molar-refractivity contribution in [2.45, 2.75) is 13.3 Å². The number of anilines is 1. The molecular weight excluding hydrogens is 476 g/mol. The van der Waals surface area contributed by atoms with Gasteiger partial charge in [0.1, 0.15) is 11.4 Å². The van der Waals surface area contributed by atoms with E-state index in [0.717, 1.165) is 0 Å². The smallest absolute Gasteiger partial charge is 0.340 e. The van der Waals surface area contributed by atoms with Gasteiger partial charge in [0.25, 0.3) is 15.4 Å². The Morgan fingerprint density at radius 3 is 2.75 bits per heavy atom. The zero-order valence-corrected chi connectivity index (χ0v) is 19.3. The third kappa shape index (κ3) is 4.75. The number of fused-ring (bicyclic) bond motifs is 1. The van der Waals surface area contributed by atoms with Crippen LogP contribution in [0.1, 0.15) is 16.7 Å². The van der Waals surface area contributed by atoms with Gasteiger partial charge in [0.05, 0.1) is 5.02 Å². The van der Waals surface area contributed by atoms with Crippen LogP contribution in [-0.2, 0) is 16.6 Å². The van der Waals surface area contributed by atoms with Crippen molar-refractivity contribution < 1.29 is 17.6 Å². The second kappa shape index (κ2) is 8.87. The van der Waals surface area contributed by atoms with E-state index in [1.54, 1.807) is 42.8 Å². The largest absolute Gasteiger partial charge is 0.429 e. The lowest BCUT2D eigenvalue weighted by atomic mass is 10.00.